The molecule has 0 spiro atoms. The van der Waals surface area contributed by atoms with Crippen molar-refractivity contribution >= 4 is 33.5 Å². The van der Waals surface area contributed by atoms with Crippen LogP contribution >= 0.6 is 27.7 Å². The Morgan fingerprint density at radius 3 is 2.48 bits per heavy atom. The zero-order valence-corrected chi connectivity index (χ0v) is 14.4. The van der Waals surface area contributed by atoms with Crippen molar-refractivity contribution in [2.24, 2.45) is 0 Å². The number of carbonyl (C=O) groups excluding carboxylic acids is 1. The Kier molecular flexibility index (Phi) is 5.00. The molecule has 0 unspecified atom stereocenters. The quantitative estimate of drug-likeness (QED) is 0.615. The first kappa shape index (κ1) is 16.0. The number of aryl methyl sites for hydroxylation is 1. The summed E-state index contributed by atoms with van der Waals surface area (Å²) in [5, 5.41) is 0. The zero-order valence-electron chi connectivity index (χ0n) is 12.0. The molecule has 0 aliphatic heterocycles. The molecule has 0 atom stereocenters. The number of benzene rings is 1. The van der Waals surface area contributed by atoms with E-state index in [1.165, 1.54) is 4.57 Å². The van der Waals surface area contributed by atoms with Gasteiger partial charge < -0.3 is 0 Å². The molecule has 6 heteroatoms. The van der Waals surface area contributed by atoms with Crippen LogP contribution in [0.1, 0.15) is 21.7 Å². The maximum atomic E-state index is 12.3. The molecule has 0 bridgehead atoms. The zero-order chi connectivity index (χ0) is 15.6. The summed E-state index contributed by atoms with van der Waals surface area (Å²) in [7, 11) is 0. The van der Waals surface area contributed by atoms with Crippen LogP contribution in [0.2, 0.25) is 0 Å². The molecular weight excluding hydrogens is 352 g/mol. The van der Waals surface area contributed by atoms with Crippen molar-refractivity contribution in [1.82, 2.24) is 9.55 Å². The molecule has 0 aliphatic rings. The van der Waals surface area contributed by atoms with E-state index in [1.807, 2.05) is 18.4 Å². The van der Waals surface area contributed by atoms with Crippen molar-refractivity contribution in [3.8, 4) is 0 Å². The predicted molar refractivity (Wildman–Crippen MR) is 88.2 cm³/mol. The summed E-state index contributed by atoms with van der Waals surface area (Å²) in [6.45, 7) is 3.55. The maximum absolute atomic E-state index is 12.3. The molecule has 2 aromatic rings. The van der Waals surface area contributed by atoms with Gasteiger partial charge in [-0.15, -0.1) is 11.8 Å². The highest BCUT2D eigenvalue weighted by Gasteiger charge is 2.13. The van der Waals surface area contributed by atoms with E-state index in [0.717, 1.165) is 9.37 Å². The average molecular weight is 367 g/mol. The normalized spacial score (nSPS) is 10.7. The van der Waals surface area contributed by atoms with Crippen molar-refractivity contribution in [2.75, 3.05) is 6.26 Å². The number of hydrogen-bond acceptors (Lipinski definition) is 4. The van der Waals surface area contributed by atoms with Crippen LogP contribution in [-0.2, 0) is 6.54 Å². The largest absolute Gasteiger partial charge is 0.348 e. The third kappa shape index (κ3) is 3.44. The van der Waals surface area contributed by atoms with Gasteiger partial charge in [-0.05, 0) is 48.2 Å². The van der Waals surface area contributed by atoms with Gasteiger partial charge >= 0.3 is 5.69 Å². The molecule has 0 saturated heterocycles. The van der Waals surface area contributed by atoms with Crippen LogP contribution in [0, 0.1) is 13.8 Å². The standard InChI is InChI=1S/C15H15BrN2O2S/c1-9-14(16)10(2)18(15(20)17-9)8-13(19)11-4-6-12(21-3)7-5-11/h4-7H,8H2,1-3H3. The first-order chi connectivity index (χ1) is 9.93. The van der Waals surface area contributed by atoms with Crippen LogP contribution in [0.15, 0.2) is 38.4 Å². The number of rotatable bonds is 4. The second-order valence-corrected chi connectivity index (χ2v) is 6.29. The van der Waals surface area contributed by atoms with E-state index >= 15 is 0 Å². The lowest BCUT2D eigenvalue weighted by molar-refractivity contribution is 0.0969. The Morgan fingerprint density at radius 2 is 1.90 bits per heavy atom. The van der Waals surface area contributed by atoms with Crippen LogP contribution in [0.25, 0.3) is 0 Å². The number of hydrogen-bond donors (Lipinski definition) is 0. The van der Waals surface area contributed by atoms with Crippen molar-refractivity contribution in [3.63, 3.8) is 0 Å². The van der Waals surface area contributed by atoms with E-state index < -0.39 is 5.69 Å². The summed E-state index contributed by atoms with van der Waals surface area (Å²) >= 11 is 5.01. The fourth-order valence-corrected chi connectivity index (χ4v) is 2.69. The molecular formula is C15H15BrN2O2S. The van der Waals surface area contributed by atoms with E-state index in [0.29, 0.717) is 17.0 Å². The molecule has 2 rings (SSSR count). The third-order valence-corrected chi connectivity index (χ3v) is 5.14. The molecule has 110 valence electrons. The molecule has 0 N–H and O–H groups in total. The number of nitrogens with zero attached hydrogens (tertiary/aromatic N) is 2. The molecule has 1 aromatic carbocycles. The van der Waals surface area contributed by atoms with Crippen molar-refractivity contribution < 1.29 is 4.79 Å². The Morgan fingerprint density at radius 1 is 1.29 bits per heavy atom. The molecule has 0 aliphatic carbocycles. The lowest BCUT2D eigenvalue weighted by Crippen LogP contribution is -2.29. The number of aromatic nitrogens is 2. The first-order valence-corrected chi connectivity index (χ1v) is 8.36. The summed E-state index contributed by atoms with van der Waals surface area (Å²) in [4.78, 5) is 29.3. The van der Waals surface area contributed by atoms with Crippen LogP contribution in [0.3, 0.4) is 0 Å². The molecule has 0 saturated carbocycles. The van der Waals surface area contributed by atoms with Gasteiger partial charge in [0.25, 0.3) is 0 Å². The minimum absolute atomic E-state index is 0.00480. The van der Waals surface area contributed by atoms with E-state index in [4.69, 9.17) is 0 Å². The fraction of sp³-hybridized carbons (Fsp3) is 0.267. The van der Waals surface area contributed by atoms with Gasteiger partial charge in [0, 0.05) is 16.2 Å². The summed E-state index contributed by atoms with van der Waals surface area (Å²) in [6.07, 6.45) is 1.98. The van der Waals surface area contributed by atoms with Gasteiger partial charge in [0.1, 0.15) is 0 Å². The first-order valence-electron chi connectivity index (χ1n) is 6.35. The topological polar surface area (TPSA) is 52.0 Å². The van der Waals surface area contributed by atoms with Crippen LogP contribution in [-0.4, -0.2) is 21.6 Å². The monoisotopic (exact) mass is 366 g/mol. The van der Waals surface area contributed by atoms with Crippen molar-refractivity contribution in [1.29, 1.82) is 0 Å². The van der Waals surface area contributed by atoms with Crippen LogP contribution in [0.5, 0.6) is 0 Å². The Hall–Kier alpha value is -1.40. The molecule has 0 fully saturated rings. The highest BCUT2D eigenvalue weighted by molar-refractivity contribution is 9.10. The van der Waals surface area contributed by atoms with Gasteiger partial charge in [0.2, 0.25) is 0 Å². The predicted octanol–water partition coefficient (Wildman–Crippen LogP) is 3.23. The number of ketones is 1. The Labute approximate surface area is 135 Å². The summed E-state index contributed by atoms with van der Waals surface area (Å²) < 4.78 is 2.15. The van der Waals surface area contributed by atoms with Crippen molar-refractivity contribution in [3.05, 3.63) is 56.2 Å². The summed E-state index contributed by atoms with van der Waals surface area (Å²) in [6, 6.07) is 7.37. The van der Waals surface area contributed by atoms with E-state index in [-0.39, 0.29) is 12.3 Å². The van der Waals surface area contributed by atoms with Gasteiger partial charge in [0.15, 0.2) is 5.78 Å². The van der Waals surface area contributed by atoms with E-state index in [9.17, 15) is 9.59 Å². The number of thioether (sulfide) groups is 1. The number of carbonyl (C=O) groups is 1. The molecule has 4 nitrogen and oxygen atoms in total. The average Bonchev–Trinajstić information content (AvgIpc) is 2.49. The van der Waals surface area contributed by atoms with Gasteiger partial charge in [-0.1, -0.05) is 12.1 Å². The second kappa shape index (κ2) is 6.58. The Balaban J connectivity index is 2.31. The van der Waals surface area contributed by atoms with E-state index in [2.05, 4.69) is 20.9 Å². The van der Waals surface area contributed by atoms with Crippen molar-refractivity contribution in [2.45, 2.75) is 25.3 Å². The highest BCUT2D eigenvalue weighted by atomic mass is 79.9. The van der Waals surface area contributed by atoms with Gasteiger partial charge in [-0.25, -0.2) is 4.79 Å². The SMILES string of the molecule is CSc1ccc(C(=O)Cn2c(C)c(Br)c(C)nc2=O)cc1. The molecule has 1 heterocycles. The van der Waals surface area contributed by atoms with Crippen LogP contribution in [0.4, 0.5) is 0 Å². The molecule has 21 heavy (non-hydrogen) atoms. The smallest absolute Gasteiger partial charge is 0.292 e. The second-order valence-electron chi connectivity index (χ2n) is 4.62. The van der Waals surface area contributed by atoms with Gasteiger partial charge in [0.05, 0.1) is 16.7 Å². The molecule has 1 aromatic heterocycles. The van der Waals surface area contributed by atoms with Gasteiger partial charge in [-0.3, -0.25) is 9.36 Å². The minimum atomic E-state index is -0.401. The summed E-state index contributed by atoms with van der Waals surface area (Å²) in [5.41, 5.74) is 1.53. The third-order valence-electron chi connectivity index (χ3n) is 3.25. The lowest BCUT2D eigenvalue weighted by Gasteiger charge is -2.11. The lowest BCUT2D eigenvalue weighted by atomic mass is 10.1. The Bertz CT molecular complexity index is 739. The molecule has 0 amide bonds. The molecule has 0 radical (unpaired) electrons. The van der Waals surface area contributed by atoms with Crippen LogP contribution < -0.4 is 5.69 Å². The number of halogens is 1. The number of Topliss-reactive ketones (excluding diaryl/α,β-unsaturated/α-hetero) is 1. The summed E-state index contributed by atoms with van der Waals surface area (Å²) in [5.74, 6) is -0.106. The highest BCUT2D eigenvalue weighted by Crippen LogP contribution is 2.18. The fourth-order valence-electron chi connectivity index (χ4n) is 1.97. The van der Waals surface area contributed by atoms with Gasteiger partial charge in [-0.2, -0.15) is 4.98 Å². The minimum Gasteiger partial charge on any atom is -0.292 e. The van der Waals surface area contributed by atoms with E-state index in [1.54, 1.807) is 37.7 Å². The maximum Gasteiger partial charge on any atom is 0.348 e.